The Balaban J connectivity index is 2.18. The van der Waals surface area contributed by atoms with Gasteiger partial charge in [-0.25, -0.2) is 9.78 Å². The fourth-order valence-electron chi connectivity index (χ4n) is 2.11. The number of aryl methyl sites for hydroxylation is 3. The van der Waals surface area contributed by atoms with Crippen LogP contribution in [0, 0.1) is 20.8 Å². The molecule has 0 spiro atoms. The number of carboxylic acids is 1. The van der Waals surface area contributed by atoms with Gasteiger partial charge in [-0.2, -0.15) is 0 Å². The number of carboxylic acid groups (broad SMARTS) is 1. The molecule has 0 aliphatic heterocycles. The first-order valence-electron chi connectivity index (χ1n) is 6.88. The molecule has 1 unspecified atom stereocenters. The van der Waals surface area contributed by atoms with Gasteiger partial charge in [0.1, 0.15) is 9.88 Å². The van der Waals surface area contributed by atoms with E-state index in [0.717, 1.165) is 28.2 Å². The number of hydrogen-bond acceptors (Lipinski definition) is 4. The van der Waals surface area contributed by atoms with Gasteiger partial charge in [-0.05, 0) is 39.3 Å². The first-order valence-corrected chi connectivity index (χ1v) is 7.70. The van der Waals surface area contributed by atoms with Crippen LogP contribution in [0.15, 0.2) is 18.2 Å². The van der Waals surface area contributed by atoms with E-state index < -0.39 is 11.9 Å². The number of anilines is 1. The van der Waals surface area contributed by atoms with Gasteiger partial charge < -0.3 is 10.4 Å². The lowest BCUT2D eigenvalue weighted by molar-refractivity contribution is -0.117. The number of nitrogens with zero attached hydrogens (tertiary/aromatic N) is 1. The molecule has 0 fully saturated rings. The normalized spacial score (nSPS) is 12.0. The van der Waals surface area contributed by atoms with Crippen molar-refractivity contribution in [1.29, 1.82) is 0 Å². The molecule has 2 aromatic rings. The standard InChI is InChI=1S/C16H18N2O3S/c1-8-5-6-12(9(2)7-8)18-14(19)10(3)15-17-11(4)13(22-15)16(20)21/h5-7,10H,1-4H3,(H,18,19)(H,20,21). The summed E-state index contributed by atoms with van der Waals surface area (Å²) in [6, 6.07) is 5.80. The summed E-state index contributed by atoms with van der Waals surface area (Å²) in [6.07, 6.45) is 0. The molecule has 0 bridgehead atoms. The topological polar surface area (TPSA) is 79.3 Å². The van der Waals surface area contributed by atoms with Crippen LogP contribution in [0.5, 0.6) is 0 Å². The minimum atomic E-state index is -1.01. The Kier molecular flexibility index (Phi) is 4.61. The molecule has 2 rings (SSSR count). The van der Waals surface area contributed by atoms with Crippen LogP contribution < -0.4 is 5.32 Å². The average Bonchev–Trinajstić information content (AvgIpc) is 2.83. The Bertz CT molecular complexity index is 737. The summed E-state index contributed by atoms with van der Waals surface area (Å²) in [6.45, 7) is 7.29. The van der Waals surface area contributed by atoms with Crippen molar-refractivity contribution in [3.05, 3.63) is 44.9 Å². The Hall–Kier alpha value is -2.21. The van der Waals surface area contributed by atoms with E-state index in [1.54, 1.807) is 13.8 Å². The van der Waals surface area contributed by atoms with Gasteiger partial charge in [0.15, 0.2) is 0 Å². The van der Waals surface area contributed by atoms with Crippen LogP contribution in [-0.4, -0.2) is 22.0 Å². The smallest absolute Gasteiger partial charge is 0.347 e. The maximum Gasteiger partial charge on any atom is 0.347 e. The monoisotopic (exact) mass is 318 g/mol. The second-order valence-electron chi connectivity index (χ2n) is 5.30. The lowest BCUT2D eigenvalue weighted by Gasteiger charge is -2.12. The maximum absolute atomic E-state index is 12.3. The molecule has 6 heteroatoms. The molecule has 1 heterocycles. The molecule has 1 atom stereocenters. The van der Waals surface area contributed by atoms with E-state index in [1.807, 2.05) is 32.0 Å². The number of thiazole rings is 1. The van der Waals surface area contributed by atoms with Crippen LogP contribution in [0.25, 0.3) is 0 Å². The van der Waals surface area contributed by atoms with E-state index in [2.05, 4.69) is 10.3 Å². The van der Waals surface area contributed by atoms with Crippen molar-refractivity contribution in [2.24, 2.45) is 0 Å². The zero-order valence-corrected chi connectivity index (χ0v) is 13.7. The lowest BCUT2D eigenvalue weighted by Crippen LogP contribution is -2.19. The van der Waals surface area contributed by atoms with E-state index in [9.17, 15) is 9.59 Å². The van der Waals surface area contributed by atoms with E-state index in [1.165, 1.54) is 0 Å². The highest BCUT2D eigenvalue weighted by Crippen LogP contribution is 2.26. The predicted octanol–water partition coefficient (Wildman–Crippen LogP) is 3.51. The molecule has 0 saturated heterocycles. The number of nitrogens with one attached hydrogen (secondary N) is 1. The quantitative estimate of drug-likeness (QED) is 0.904. The molecule has 22 heavy (non-hydrogen) atoms. The Morgan fingerprint density at radius 1 is 1.27 bits per heavy atom. The van der Waals surface area contributed by atoms with Crippen LogP contribution in [0.4, 0.5) is 5.69 Å². The molecule has 2 N–H and O–H groups in total. The van der Waals surface area contributed by atoms with Crippen LogP contribution in [0.2, 0.25) is 0 Å². The van der Waals surface area contributed by atoms with E-state index in [4.69, 9.17) is 5.11 Å². The van der Waals surface area contributed by atoms with E-state index in [0.29, 0.717) is 10.7 Å². The van der Waals surface area contributed by atoms with Crippen molar-refractivity contribution >= 4 is 28.9 Å². The number of aromatic nitrogens is 1. The van der Waals surface area contributed by atoms with Gasteiger partial charge >= 0.3 is 5.97 Å². The second-order valence-corrected chi connectivity index (χ2v) is 6.33. The Morgan fingerprint density at radius 3 is 2.50 bits per heavy atom. The van der Waals surface area contributed by atoms with Crippen molar-refractivity contribution in [1.82, 2.24) is 4.98 Å². The highest BCUT2D eigenvalue weighted by Gasteiger charge is 2.23. The van der Waals surface area contributed by atoms with Gasteiger partial charge in [0.2, 0.25) is 5.91 Å². The summed E-state index contributed by atoms with van der Waals surface area (Å²) < 4.78 is 0. The number of carbonyl (C=O) groups is 2. The van der Waals surface area contributed by atoms with E-state index >= 15 is 0 Å². The van der Waals surface area contributed by atoms with Gasteiger partial charge in [0, 0.05) is 5.69 Å². The molecule has 0 radical (unpaired) electrons. The van der Waals surface area contributed by atoms with Crippen molar-refractivity contribution < 1.29 is 14.7 Å². The van der Waals surface area contributed by atoms with Gasteiger partial charge in [0.05, 0.1) is 11.6 Å². The Morgan fingerprint density at radius 2 is 1.95 bits per heavy atom. The molecule has 116 valence electrons. The van der Waals surface area contributed by atoms with Crippen LogP contribution in [-0.2, 0) is 4.79 Å². The predicted molar refractivity (Wildman–Crippen MR) is 86.8 cm³/mol. The van der Waals surface area contributed by atoms with Gasteiger partial charge in [-0.15, -0.1) is 11.3 Å². The van der Waals surface area contributed by atoms with Gasteiger partial charge in [0.25, 0.3) is 0 Å². The molecule has 0 aliphatic rings. The third-order valence-electron chi connectivity index (χ3n) is 3.41. The largest absolute Gasteiger partial charge is 0.477 e. The highest BCUT2D eigenvalue weighted by atomic mass is 32.1. The fourth-order valence-corrected chi connectivity index (χ4v) is 3.06. The number of rotatable bonds is 4. The number of carbonyl (C=O) groups excluding carboxylic acids is 1. The molecule has 1 aromatic carbocycles. The SMILES string of the molecule is Cc1ccc(NC(=O)C(C)c2nc(C)c(C(=O)O)s2)c(C)c1. The van der Waals surface area contributed by atoms with Crippen LogP contribution in [0.3, 0.4) is 0 Å². The number of benzene rings is 1. The minimum absolute atomic E-state index is 0.182. The fraction of sp³-hybridized carbons (Fsp3) is 0.312. The van der Waals surface area contributed by atoms with Gasteiger partial charge in [-0.3, -0.25) is 4.79 Å². The third kappa shape index (κ3) is 3.33. The molecule has 5 nitrogen and oxygen atoms in total. The summed E-state index contributed by atoms with van der Waals surface area (Å²) in [4.78, 5) is 27.8. The summed E-state index contributed by atoms with van der Waals surface area (Å²) in [7, 11) is 0. The maximum atomic E-state index is 12.3. The number of hydrogen-bond donors (Lipinski definition) is 2. The zero-order chi connectivity index (χ0) is 16.4. The summed E-state index contributed by atoms with van der Waals surface area (Å²) in [5, 5.41) is 12.5. The Labute approximate surface area is 133 Å². The number of amides is 1. The lowest BCUT2D eigenvalue weighted by atomic mass is 10.1. The van der Waals surface area contributed by atoms with Gasteiger partial charge in [-0.1, -0.05) is 17.7 Å². The molecule has 1 aromatic heterocycles. The molecular formula is C16H18N2O3S. The number of aromatic carboxylic acids is 1. The third-order valence-corrected chi connectivity index (χ3v) is 4.74. The molecular weight excluding hydrogens is 300 g/mol. The summed E-state index contributed by atoms with van der Waals surface area (Å²) >= 11 is 1.05. The highest BCUT2D eigenvalue weighted by molar-refractivity contribution is 7.13. The van der Waals surface area contributed by atoms with Crippen LogP contribution in [0.1, 0.15) is 44.3 Å². The minimum Gasteiger partial charge on any atom is -0.477 e. The first-order chi connectivity index (χ1) is 10.3. The molecule has 0 aliphatic carbocycles. The summed E-state index contributed by atoms with van der Waals surface area (Å²) in [5.74, 6) is -1.71. The average molecular weight is 318 g/mol. The van der Waals surface area contributed by atoms with Crippen molar-refractivity contribution in [2.45, 2.75) is 33.6 Å². The van der Waals surface area contributed by atoms with E-state index in [-0.39, 0.29) is 10.8 Å². The van der Waals surface area contributed by atoms with Crippen LogP contribution >= 0.6 is 11.3 Å². The first kappa shape index (κ1) is 16.2. The van der Waals surface area contributed by atoms with Crippen molar-refractivity contribution in [2.75, 3.05) is 5.32 Å². The summed E-state index contributed by atoms with van der Waals surface area (Å²) in [5.41, 5.74) is 3.32. The molecule has 0 saturated carbocycles. The van der Waals surface area contributed by atoms with Crippen molar-refractivity contribution in [3.63, 3.8) is 0 Å². The zero-order valence-electron chi connectivity index (χ0n) is 12.9. The molecule has 1 amide bonds. The second kappa shape index (κ2) is 6.27. The van der Waals surface area contributed by atoms with Crippen molar-refractivity contribution in [3.8, 4) is 0 Å².